The number of alkyl halides is 3. The van der Waals surface area contributed by atoms with Crippen LogP contribution in [0.15, 0.2) is 24.4 Å². The zero-order valence-corrected chi connectivity index (χ0v) is 19.9. The molecule has 0 spiro atoms. The van der Waals surface area contributed by atoms with Crippen LogP contribution < -0.4 is 10.1 Å². The summed E-state index contributed by atoms with van der Waals surface area (Å²) < 4.78 is 57.8. The van der Waals surface area contributed by atoms with Gasteiger partial charge in [0.15, 0.2) is 11.6 Å². The first-order valence-electron chi connectivity index (χ1n) is 11.5. The number of rotatable bonds is 5. The van der Waals surface area contributed by atoms with Gasteiger partial charge < -0.3 is 19.9 Å². The fraction of sp³-hybridized carbons (Fsp3) is 0.542. The number of hydrogen-bond donors (Lipinski definition) is 1. The fourth-order valence-corrected chi connectivity index (χ4v) is 4.65. The Bertz CT molecular complexity index is 1080. The molecule has 1 fully saturated rings. The molecule has 11 heteroatoms. The average Bonchev–Trinajstić information content (AvgIpc) is 3.18. The van der Waals surface area contributed by atoms with E-state index >= 15 is 0 Å². The van der Waals surface area contributed by atoms with E-state index in [-0.39, 0.29) is 42.5 Å². The number of aromatic nitrogens is 2. The minimum atomic E-state index is -4.31. The zero-order chi connectivity index (χ0) is 25.3. The number of fused-ring (bicyclic) bond motifs is 1. The summed E-state index contributed by atoms with van der Waals surface area (Å²) in [5, 5.41) is 3.10. The molecule has 190 valence electrons. The van der Waals surface area contributed by atoms with E-state index in [9.17, 15) is 22.4 Å². The van der Waals surface area contributed by atoms with E-state index in [1.54, 1.807) is 23.2 Å². The maximum atomic E-state index is 13.9. The van der Waals surface area contributed by atoms with Gasteiger partial charge in [0.05, 0.1) is 31.3 Å². The Morgan fingerprint density at radius 3 is 2.80 bits per heavy atom. The SMILES string of the molecule is COc1cc([C@@H]2CN(C)C[C@H]2NC(=O)N2CCc3cnc(C[C@@H](C)C(F)(F)F)nc3C2)ccc1F. The number of amides is 2. The predicted molar refractivity (Wildman–Crippen MR) is 121 cm³/mol. The van der Waals surface area contributed by atoms with Crippen LogP contribution in [0, 0.1) is 11.7 Å². The van der Waals surface area contributed by atoms with Crippen LogP contribution in [0.4, 0.5) is 22.4 Å². The van der Waals surface area contributed by atoms with Crippen molar-refractivity contribution in [1.29, 1.82) is 0 Å². The lowest BCUT2D eigenvalue weighted by atomic mass is 9.94. The van der Waals surface area contributed by atoms with E-state index in [0.29, 0.717) is 31.7 Å². The van der Waals surface area contributed by atoms with Crippen molar-refractivity contribution in [3.63, 3.8) is 0 Å². The monoisotopic (exact) mass is 495 g/mol. The highest BCUT2D eigenvalue weighted by molar-refractivity contribution is 5.75. The first-order valence-corrected chi connectivity index (χ1v) is 11.5. The van der Waals surface area contributed by atoms with Crippen LogP contribution in [0.5, 0.6) is 5.75 Å². The van der Waals surface area contributed by atoms with Crippen LogP contribution in [-0.2, 0) is 19.4 Å². The van der Waals surface area contributed by atoms with Crippen LogP contribution in [0.2, 0.25) is 0 Å². The van der Waals surface area contributed by atoms with E-state index in [4.69, 9.17) is 4.74 Å². The molecular weight excluding hydrogens is 466 g/mol. The molecule has 1 saturated heterocycles. The van der Waals surface area contributed by atoms with Gasteiger partial charge in [-0.2, -0.15) is 13.2 Å². The second-order valence-corrected chi connectivity index (χ2v) is 9.35. The van der Waals surface area contributed by atoms with Gasteiger partial charge in [-0.15, -0.1) is 0 Å². The van der Waals surface area contributed by atoms with Crippen molar-refractivity contribution >= 4 is 6.03 Å². The molecule has 3 atom stereocenters. The fourth-order valence-electron chi connectivity index (χ4n) is 4.65. The predicted octanol–water partition coefficient (Wildman–Crippen LogP) is 3.53. The number of likely N-dealkylation sites (N-methyl/N-ethyl adjacent to an activating group) is 1. The largest absolute Gasteiger partial charge is 0.494 e. The molecule has 2 aromatic rings. The lowest BCUT2D eigenvalue weighted by Crippen LogP contribution is -2.49. The Balaban J connectivity index is 1.44. The lowest BCUT2D eigenvalue weighted by Gasteiger charge is -2.30. The number of nitrogens with one attached hydrogen (secondary N) is 1. The first-order chi connectivity index (χ1) is 16.5. The topological polar surface area (TPSA) is 70.6 Å². The number of likely N-dealkylation sites (tertiary alicyclic amines) is 1. The third-order valence-corrected chi connectivity index (χ3v) is 6.75. The number of carbonyl (C=O) groups is 1. The molecule has 0 aliphatic carbocycles. The van der Waals surface area contributed by atoms with Crippen LogP contribution in [-0.4, -0.2) is 71.8 Å². The van der Waals surface area contributed by atoms with Gasteiger partial charge in [0.2, 0.25) is 0 Å². The van der Waals surface area contributed by atoms with Crippen molar-refractivity contribution in [3.8, 4) is 5.75 Å². The van der Waals surface area contributed by atoms with Crippen molar-refractivity contribution in [1.82, 2.24) is 25.1 Å². The summed E-state index contributed by atoms with van der Waals surface area (Å²) in [6.07, 6.45) is -2.52. The van der Waals surface area contributed by atoms with Gasteiger partial charge in [-0.1, -0.05) is 13.0 Å². The normalized spacial score (nSPS) is 21.5. The summed E-state index contributed by atoms with van der Waals surface area (Å²) in [6.45, 7) is 3.08. The number of methoxy groups -OCH3 is 1. The van der Waals surface area contributed by atoms with Crippen molar-refractivity contribution in [3.05, 3.63) is 52.9 Å². The second kappa shape index (κ2) is 9.96. The van der Waals surface area contributed by atoms with Crippen molar-refractivity contribution in [2.75, 3.05) is 33.8 Å². The number of urea groups is 1. The quantitative estimate of drug-likeness (QED) is 0.643. The van der Waals surface area contributed by atoms with Crippen molar-refractivity contribution in [2.45, 2.75) is 44.4 Å². The highest BCUT2D eigenvalue weighted by atomic mass is 19.4. The molecular formula is C24H29F4N5O2. The third kappa shape index (κ3) is 5.66. The van der Waals surface area contributed by atoms with E-state index in [1.165, 1.54) is 13.2 Å². The molecule has 1 N–H and O–H groups in total. The van der Waals surface area contributed by atoms with Gasteiger partial charge in [-0.3, -0.25) is 0 Å². The number of carbonyl (C=O) groups excluding carboxylic acids is 1. The van der Waals surface area contributed by atoms with Gasteiger partial charge in [0.25, 0.3) is 0 Å². The van der Waals surface area contributed by atoms with Gasteiger partial charge >= 0.3 is 12.2 Å². The lowest BCUT2D eigenvalue weighted by molar-refractivity contribution is -0.169. The molecule has 3 heterocycles. The van der Waals surface area contributed by atoms with E-state index in [1.807, 2.05) is 7.05 Å². The highest BCUT2D eigenvalue weighted by Crippen LogP contribution is 2.31. The maximum absolute atomic E-state index is 13.9. The minimum absolute atomic E-state index is 0.0479. The molecule has 0 unspecified atom stereocenters. The Hall–Kier alpha value is -2.95. The summed E-state index contributed by atoms with van der Waals surface area (Å²) in [5.74, 6) is -1.76. The summed E-state index contributed by atoms with van der Waals surface area (Å²) >= 11 is 0. The summed E-state index contributed by atoms with van der Waals surface area (Å²) in [4.78, 5) is 25.3. The highest BCUT2D eigenvalue weighted by Gasteiger charge is 2.37. The van der Waals surface area contributed by atoms with E-state index in [2.05, 4.69) is 20.2 Å². The molecule has 1 aromatic heterocycles. The first kappa shape index (κ1) is 25.2. The molecule has 1 aromatic carbocycles. The minimum Gasteiger partial charge on any atom is -0.494 e. The summed E-state index contributed by atoms with van der Waals surface area (Å²) in [5.41, 5.74) is 2.29. The average molecular weight is 496 g/mol. The van der Waals surface area contributed by atoms with Gasteiger partial charge in [0, 0.05) is 38.2 Å². The van der Waals surface area contributed by atoms with Crippen molar-refractivity contribution in [2.24, 2.45) is 5.92 Å². The molecule has 2 amide bonds. The van der Waals surface area contributed by atoms with Crippen molar-refractivity contribution < 1.29 is 27.1 Å². The zero-order valence-electron chi connectivity index (χ0n) is 19.9. The molecule has 2 aliphatic rings. The maximum Gasteiger partial charge on any atom is 0.391 e. The number of ether oxygens (including phenoxy) is 1. The standard InChI is InChI=1S/C24H29F4N5O2/c1-14(24(26,27)28)8-22-29-10-16-6-7-33(13-19(16)30-22)23(34)31-20-12-32(2)11-17(20)15-4-5-18(25)21(9-15)35-3/h4-5,9-10,14,17,20H,6-8,11-13H2,1-3H3,(H,31,34)/t14-,17+,20-/m1/s1. The second-order valence-electron chi connectivity index (χ2n) is 9.35. The van der Waals surface area contributed by atoms with Crippen LogP contribution in [0.3, 0.4) is 0 Å². The Labute approximate surface area is 201 Å². The number of nitrogens with zero attached hydrogens (tertiary/aromatic N) is 4. The third-order valence-electron chi connectivity index (χ3n) is 6.75. The molecule has 7 nitrogen and oxygen atoms in total. The number of hydrogen-bond acceptors (Lipinski definition) is 5. The smallest absolute Gasteiger partial charge is 0.391 e. The number of benzene rings is 1. The molecule has 0 saturated carbocycles. The number of halogens is 4. The Morgan fingerprint density at radius 2 is 2.09 bits per heavy atom. The Morgan fingerprint density at radius 1 is 1.31 bits per heavy atom. The molecule has 2 aliphatic heterocycles. The van der Waals surface area contributed by atoms with Crippen LogP contribution in [0.25, 0.3) is 0 Å². The summed E-state index contributed by atoms with van der Waals surface area (Å²) in [7, 11) is 3.37. The Kier molecular flexibility index (Phi) is 7.16. The van der Waals surface area contributed by atoms with Gasteiger partial charge in [-0.25, -0.2) is 19.2 Å². The van der Waals surface area contributed by atoms with E-state index < -0.39 is 17.9 Å². The molecule has 4 rings (SSSR count). The summed E-state index contributed by atoms with van der Waals surface area (Å²) in [6, 6.07) is 4.27. The van der Waals surface area contributed by atoms with E-state index in [0.717, 1.165) is 18.1 Å². The van der Waals surface area contributed by atoms with Gasteiger partial charge in [0.1, 0.15) is 5.82 Å². The molecule has 0 bridgehead atoms. The molecule has 0 radical (unpaired) electrons. The molecule has 35 heavy (non-hydrogen) atoms. The van der Waals surface area contributed by atoms with Gasteiger partial charge in [-0.05, 0) is 36.7 Å². The van der Waals surface area contributed by atoms with Crippen LogP contribution >= 0.6 is 0 Å². The van der Waals surface area contributed by atoms with Crippen LogP contribution in [0.1, 0.15) is 35.5 Å².